The molecule has 33 heavy (non-hydrogen) atoms. The highest BCUT2D eigenvalue weighted by atomic mass is 16.5. The molecule has 1 aromatic heterocycles. The molecule has 4 nitrogen and oxygen atoms in total. The molecule has 2 aromatic rings. The van der Waals surface area contributed by atoms with E-state index in [2.05, 4.69) is 93.1 Å². The van der Waals surface area contributed by atoms with Gasteiger partial charge in [0.25, 0.3) is 0 Å². The molecule has 2 aliphatic rings. The number of anilines is 1. The van der Waals surface area contributed by atoms with Gasteiger partial charge < -0.3 is 15.8 Å². The van der Waals surface area contributed by atoms with E-state index < -0.39 is 0 Å². The first kappa shape index (κ1) is 26.9. The molecule has 182 valence electrons. The zero-order chi connectivity index (χ0) is 24.4. The summed E-state index contributed by atoms with van der Waals surface area (Å²) in [4.78, 5) is 4.55. The van der Waals surface area contributed by atoms with Crippen LogP contribution in [0.5, 0.6) is 5.88 Å². The fraction of sp³-hybridized carbons (Fsp3) is 0.552. The van der Waals surface area contributed by atoms with E-state index in [9.17, 15) is 0 Å². The monoisotopic (exact) mass is 451 g/mol. The minimum Gasteiger partial charge on any atom is -0.480 e. The number of pyridine rings is 1. The maximum Gasteiger partial charge on any atom is 0.237 e. The summed E-state index contributed by atoms with van der Waals surface area (Å²) in [5, 5.41) is 3.56. The van der Waals surface area contributed by atoms with E-state index in [4.69, 9.17) is 4.74 Å². The number of methoxy groups -OCH3 is 1. The summed E-state index contributed by atoms with van der Waals surface area (Å²) >= 11 is 0. The van der Waals surface area contributed by atoms with E-state index in [1.54, 1.807) is 12.7 Å². The van der Waals surface area contributed by atoms with Crippen LogP contribution in [0.1, 0.15) is 76.1 Å². The lowest BCUT2D eigenvalue weighted by atomic mass is 9.92. The van der Waals surface area contributed by atoms with Crippen molar-refractivity contribution in [2.45, 2.75) is 72.6 Å². The zero-order valence-electron chi connectivity index (χ0n) is 21.9. The van der Waals surface area contributed by atoms with Crippen molar-refractivity contribution in [2.75, 3.05) is 26.0 Å². The van der Waals surface area contributed by atoms with Crippen molar-refractivity contribution in [1.29, 1.82) is 0 Å². The second-order valence-corrected chi connectivity index (χ2v) is 9.53. The molecule has 2 saturated carbocycles. The SMILES string of the molecule is CCC=C1CCC1.CCc1ccc(NCC2C(c3ccc(C)cc3)C2(C)C)c(OC)n1.CN. The molecule has 4 heteroatoms. The molecule has 0 radical (unpaired) electrons. The third kappa shape index (κ3) is 7.07. The van der Waals surface area contributed by atoms with E-state index in [1.807, 2.05) is 0 Å². The van der Waals surface area contributed by atoms with E-state index in [0.717, 1.165) is 24.3 Å². The van der Waals surface area contributed by atoms with Crippen LogP contribution in [0.4, 0.5) is 5.69 Å². The lowest BCUT2D eigenvalue weighted by Gasteiger charge is -2.14. The molecule has 0 bridgehead atoms. The molecule has 4 rings (SSSR count). The molecule has 2 aliphatic carbocycles. The van der Waals surface area contributed by atoms with Gasteiger partial charge in [0.15, 0.2) is 0 Å². The molecule has 0 aliphatic heterocycles. The molecule has 1 aromatic carbocycles. The Labute approximate surface area is 202 Å². The van der Waals surface area contributed by atoms with E-state index in [-0.39, 0.29) is 0 Å². The minimum atomic E-state index is 0.326. The maximum atomic E-state index is 5.44. The average Bonchev–Trinajstić information content (AvgIpc) is 3.36. The van der Waals surface area contributed by atoms with Crippen LogP contribution in [0.2, 0.25) is 0 Å². The molecule has 2 fully saturated rings. The summed E-state index contributed by atoms with van der Waals surface area (Å²) < 4.78 is 5.44. The number of ether oxygens (including phenoxy) is 1. The van der Waals surface area contributed by atoms with Gasteiger partial charge in [0.1, 0.15) is 0 Å². The minimum absolute atomic E-state index is 0.326. The quantitative estimate of drug-likeness (QED) is 0.450. The third-order valence-corrected chi connectivity index (χ3v) is 6.96. The van der Waals surface area contributed by atoms with Crippen molar-refractivity contribution in [3.63, 3.8) is 0 Å². The van der Waals surface area contributed by atoms with Gasteiger partial charge in [-0.05, 0) is 81.0 Å². The van der Waals surface area contributed by atoms with Gasteiger partial charge in [-0.2, -0.15) is 0 Å². The summed E-state index contributed by atoms with van der Waals surface area (Å²) in [6.07, 6.45) is 8.70. The summed E-state index contributed by atoms with van der Waals surface area (Å²) in [6, 6.07) is 13.1. The lowest BCUT2D eigenvalue weighted by molar-refractivity contribution is 0.398. The Morgan fingerprint density at radius 3 is 2.24 bits per heavy atom. The number of hydrogen-bond donors (Lipinski definition) is 2. The number of nitrogens with one attached hydrogen (secondary N) is 1. The number of benzene rings is 1. The van der Waals surface area contributed by atoms with Crippen LogP contribution < -0.4 is 15.8 Å². The first-order valence-electron chi connectivity index (χ1n) is 12.5. The Bertz CT molecular complexity index is 880. The Kier molecular flexibility index (Phi) is 10.4. The first-order chi connectivity index (χ1) is 15.9. The zero-order valence-corrected chi connectivity index (χ0v) is 21.9. The highest BCUT2D eigenvalue weighted by Gasteiger charge is 2.57. The largest absolute Gasteiger partial charge is 0.480 e. The predicted molar refractivity (Wildman–Crippen MR) is 142 cm³/mol. The molecular formula is C29H45N3O. The number of aryl methyl sites for hydroxylation is 2. The average molecular weight is 452 g/mol. The van der Waals surface area contributed by atoms with Crippen molar-refractivity contribution in [2.24, 2.45) is 17.1 Å². The molecule has 3 N–H and O–H groups in total. The summed E-state index contributed by atoms with van der Waals surface area (Å²) in [6.45, 7) is 12.1. The third-order valence-electron chi connectivity index (χ3n) is 6.96. The Hall–Kier alpha value is -2.33. The Morgan fingerprint density at radius 1 is 1.09 bits per heavy atom. The summed E-state index contributed by atoms with van der Waals surface area (Å²) in [5.41, 5.74) is 11.3. The van der Waals surface area contributed by atoms with Gasteiger partial charge >= 0.3 is 0 Å². The molecule has 0 saturated heterocycles. The maximum absolute atomic E-state index is 5.44. The molecule has 0 amide bonds. The standard InChI is InChI=1S/C21H28N2O.C7H12.CH5N/c1-6-16-11-12-18(20(23-16)24-5)22-13-17-19(21(17,3)4)15-9-7-14(2)8-10-15;1-2-4-7-5-3-6-7;1-2/h7-12,17,19,22H,6,13H2,1-5H3;4H,2-3,5-6H2,1H3;2H2,1H3. The second-order valence-electron chi connectivity index (χ2n) is 9.53. The first-order valence-corrected chi connectivity index (χ1v) is 12.5. The number of aromatic nitrogens is 1. The number of rotatable bonds is 7. The molecular weight excluding hydrogens is 406 g/mol. The van der Waals surface area contributed by atoms with Crippen LogP contribution in [0, 0.1) is 18.3 Å². The Balaban J connectivity index is 0.000000362. The van der Waals surface area contributed by atoms with E-state index in [1.165, 1.54) is 43.9 Å². The fourth-order valence-electron chi connectivity index (χ4n) is 4.62. The van der Waals surface area contributed by atoms with Crippen LogP contribution in [0.25, 0.3) is 0 Å². The van der Waals surface area contributed by atoms with Gasteiger partial charge in [0.05, 0.1) is 12.8 Å². The fourth-order valence-corrected chi connectivity index (χ4v) is 4.62. The van der Waals surface area contributed by atoms with E-state index >= 15 is 0 Å². The normalized spacial score (nSPS) is 19.7. The van der Waals surface area contributed by atoms with Crippen molar-refractivity contribution in [1.82, 2.24) is 4.98 Å². The van der Waals surface area contributed by atoms with Crippen molar-refractivity contribution >= 4 is 5.69 Å². The lowest BCUT2D eigenvalue weighted by Crippen LogP contribution is -2.09. The van der Waals surface area contributed by atoms with Gasteiger partial charge in [-0.15, -0.1) is 0 Å². The van der Waals surface area contributed by atoms with Gasteiger partial charge in [-0.25, -0.2) is 4.98 Å². The van der Waals surface area contributed by atoms with Crippen LogP contribution >= 0.6 is 0 Å². The summed E-state index contributed by atoms with van der Waals surface area (Å²) in [5.74, 6) is 1.93. The Morgan fingerprint density at radius 2 is 1.76 bits per heavy atom. The van der Waals surface area contributed by atoms with Crippen molar-refractivity contribution in [3.8, 4) is 5.88 Å². The number of nitrogens with zero attached hydrogens (tertiary/aromatic N) is 1. The molecule has 2 unspecified atom stereocenters. The van der Waals surface area contributed by atoms with E-state index in [0.29, 0.717) is 23.1 Å². The number of hydrogen-bond acceptors (Lipinski definition) is 4. The van der Waals surface area contributed by atoms with Gasteiger partial charge in [0, 0.05) is 12.2 Å². The molecule has 2 atom stereocenters. The van der Waals surface area contributed by atoms with Crippen molar-refractivity contribution in [3.05, 3.63) is 64.9 Å². The van der Waals surface area contributed by atoms with Gasteiger partial charge in [-0.1, -0.05) is 69.2 Å². The van der Waals surface area contributed by atoms with Crippen LogP contribution in [-0.4, -0.2) is 25.7 Å². The van der Waals surface area contributed by atoms with Gasteiger partial charge in [0.2, 0.25) is 5.88 Å². The van der Waals surface area contributed by atoms with Crippen LogP contribution in [0.3, 0.4) is 0 Å². The predicted octanol–water partition coefficient (Wildman–Crippen LogP) is 6.89. The molecule has 0 spiro atoms. The molecule has 1 heterocycles. The smallest absolute Gasteiger partial charge is 0.237 e. The highest BCUT2D eigenvalue weighted by Crippen LogP contribution is 2.64. The van der Waals surface area contributed by atoms with Crippen molar-refractivity contribution < 1.29 is 4.74 Å². The second kappa shape index (κ2) is 12.8. The van der Waals surface area contributed by atoms with Crippen LogP contribution in [0.15, 0.2) is 48.0 Å². The number of nitrogens with two attached hydrogens (primary N) is 1. The highest BCUT2D eigenvalue weighted by molar-refractivity contribution is 5.53. The number of allylic oxidation sites excluding steroid dienone is 2. The topological polar surface area (TPSA) is 60.2 Å². The van der Waals surface area contributed by atoms with Crippen LogP contribution in [-0.2, 0) is 6.42 Å². The summed E-state index contributed by atoms with van der Waals surface area (Å²) in [7, 11) is 3.18. The van der Waals surface area contributed by atoms with Gasteiger partial charge in [-0.3, -0.25) is 0 Å².